The van der Waals surface area contributed by atoms with Crippen LogP contribution in [-0.4, -0.2) is 67.6 Å². The van der Waals surface area contributed by atoms with Crippen LogP contribution in [0.3, 0.4) is 0 Å². The summed E-state index contributed by atoms with van der Waals surface area (Å²) in [5, 5.41) is 2.84. The van der Waals surface area contributed by atoms with E-state index in [9.17, 15) is 9.59 Å². The number of hydrogen-bond donors (Lipinski definition) is 1. The number of carbonyl (C=O) groups is 2. The van der Waals surface area contributed by atoms with Gasteiger partial charge in [-0.1, -0.05) is 27.7 Å². The Morgan fingerprint density at radius 2 is 1.48 bits per heavy atom. The van der Waals surface area contributed by atoms with Crippen LogP contribution in [0.25, 0.3) is 0 Å². The van der Waals surface area contributed by atoms with E-state index in [1.165, 1.54) is 0 Å². The Bertz CT molecular complexity index is 523. The standard InChI is InChI=1S/C19H31N3O3/c1-5-21(6-2)13-14-25-19(24)16-9-11-17(12-10-16)20-18(23)15-22(7-3)8-4/h9-12H,5-8,13-15H2,1-4H3,(H,20,23). The van der Waals surface area contributed by atoms with Crippen molar-refractivity contribution in [2.24, 2.45) is 0 Å². The van der Waals surface area contributed by atoms with E-state index in [2.05, 4.69) is 24.1 Å². The van der Waals surface area contributed by atoms with Gasteiger partial charge >= 0.3 is 5.97 Å². The van der Waals surface area contributed by atoms with E-state index >= 15 is 0 Å². The molecule has 0 spiro atoms. The van der Waals surface area contributed by atoms with Crippen molar-refractivity contribution in [3.05, 3.63) is 29.8 Å². The van der Waals surface area contributed by atoms with E-state index in [0.29, 0.717) is 24.4 Å². The molecule has 6 heteroatoms. The van der Waals surface area contributed by atoms with Crippen molar-refractivity contribution in [1.29, 1.82) is 0 Å². The highest BCUT2D eigenvalue weighted by atomic mass is 16.5. The monoisotopic (exact) mass is 349 g/mol. The van der Waals surface area contributed by atoms with Gasteiger partial charge in [0.25, 0.3) is 0 Å². The average molecular weight is 349 g/mol. The zero-order chi connectivity index (χ0) is 18.7. The highest BCUT2D eigenvalue weighted by Crippen LogP contribution is 2.11. The van der Waals surface area contributed by atoms with Crippen LogP contribution in [0.15, 0.2) is 24.3 Å². The molecule has 1 amide bonds. The van der Waals surface area contributed by atoms with Crippen molar-refractivity contribution in [3.63, 3.8) is 0 Å². The van der Waals surface area contributed by atoms with Crippen molar-refractivity contribution in [1.82, 2.24) is 9.80 Å². The number of hydrogen-bond acceptors (Lipinski definition) is 5. The number of esters is 1. The van der Waals surface area contributed by atoms with Gasteiger partial charge in [0.2, 0.25) is 5.91 Å². The number of likely N-dealkylation sites (N-methyl/N-ethyl adjacent to an activating group) is 2. The number of anilines is 1. The molecule has 140 valence electrons. The molecule has 1 N–H and O–H groups in total. The lowest BCUT2D eigenvalue weighted by Gasteiger charge is -2.17. The first kappa shape index (κ1) is 21.1. The Morgan fingerprint density at radius 1 is 0.920 bits per heavy atom. The summed E-state index contributed by atoms with van der Waals surface area (Å²) in [5.74, 6) is -0.397. The topological polar surface area (TPSA) is 61.9 Å². The molecular weight excluding hydrogens is 318 g/mol. The fourth-order valence-electron chi connectivity index (χ4n) is 2.43. The first-order valence-electron chi connectivity index (χ1n) is 9.05. The average Bonchev–Trinajstić information content (AvgIpc) is 2.63. The summed E-state index contributed by atoms with van der Waals surface area (Å²) in [5.41, 5.74) is 1.16. The van der Waals surface area contributed by atoms with Crippen LogP contribution < -0.4 is 5.32 Å². The Hall–Kier alpha value is -1.92. The Balaban J connectivity index is 2.47. The molecule has 25 heavy (non-hydrogen) atoms. The van der Waals surface area contributed by atoms with Gasteiger partial charge in [0.15, 0.2) is 0 Å². The quantitative estimate of drug-likeness (QED) is 0.622. The molecule has 1 rings (SSSR count). The van der Waals surface area contributed by atoms with Crippen LogP contribution in [0.5, 0.6) is 0 Å². The van der Waals surface area contributed by atoms with Crippen molar-refractivity contribution in [3.8, 4) is 0 Å². The predicted molar refractivity (Wildman–Crippen MR) is 101 cm³/mol. The van der Waals surface area contributed by atoms with Crippen LogP contribution in [0.2, 0.25) is 0 Å². The number of nitrogens with zero attached hydrogens (tertiary/aromatic N) is 2. The molecule has 0 saturated heterocycles. The van der Waals surface area contributed by atoms with Gasteiger partial charge in [-0.05, 0) is 50.4 Å². The van der Waals surface area contributed by atoms with Gasteiger partial charge in [-0.2, -0.15) is 0 Å². The lowest BCUT2D eigenvalue weighted by molar-refractivity contribution is -0.117. The largest absolute Gasteiger partial charge is 0.461 e. The fourth-order valence-corrected chi connectivity index (χ4v) is 2.43. The molecule has 1 aromatic rings. The number of nitrogens with one attached hydrogen (secondary N) is 1. The molecule has 1 aromatic carbocycles. The highest BCUT2D eigenvalue weighted by molar-refractivity contribution is 5.94. The third-order valence-electron chi connectivity index (χ3n) is 4.20. The van der Waals surface area contributed by atoms with E-state index in [0.717, 1.165) is 32.7 Å². The van der Waals surface area contributed by atoms with Crippen LogP contribution >= 0.6 is 0 Å². The van der Waals surface area contributed by atoms with E-state index in [4.69, 9.17) is 4.74 Å². The number of carbonyl (C=O) groups excluding carboxylic acids is 2. The molecule has 0 unspecified atom stereocenters. The van der Waals surface area contributed by atoms with E-state index in [1.54, 1.807) is 24.3 Å². The second kappa shape index (κ2) is 11.6. The highest BCUT2D eigenvalue weighted by Gasteiger charge is 2.10. The van der Waals surface area contributed by atoms with Crippen LogP contribution in [0.4, 0.5) is 5.69 Å². The smallest absolute Gasteiger partial charge is 0.338 e. The maximum atomic E-state index is 12.0. The summed E-state index contributed by atoms with van der Waals surface area (Å²) in [7, 11) is 0. The number of ether oxygens (including phenoxy) is 1. The van der Waals surface area contributed by atoms with Gasteiger partial charge < -0.3 is 15.0 Å². The summed E-state index contributed by atoms with van der Waals surface area (Å²) < 4.78 is 5.29. The van der Waals surface area contributed by atoms with Crippen LogP contribution in [0, 0.1) is 0 Å². The lowest BCUT2D eigenvalue weighted by Crippen LogP contribution is -2.32. The molecule has 0 aliphatic rings. The molecule has 6 nitrogen and oxygen atoms in total. The van der Waals surface area contributed by atoms with Crippen molar-refractivity contribution in [2.75, 3.05) is 51.2 Å². The van der Waals surface area contributed by atoms with Crippen molar-refractivity contribution < 1.29 is 14.3 Å². The van der Waals surface area contributed by atoms with Gasteiger partial charge in [-0.15, -0.1) is 0 Å². The Labute approximate surface area is 151 Å². The third kappa shape index (κ3) is 7.67. The van der Waals surface area contributed by atoms with Gasteiger partial charge in [-0.3, -0.25) is 9.69 Å². The van der Waals surface area contributed by atoms with Gasteiger partial charge in [0, 0.05) is 12.2 Å². The zero-order valence-electron chi connectivity index (χ0n) is 15.9. The third-order valence-corrected chi connectivity index (χ3v) is 4.20. The van der Waals surface area contributed by atoms with E-state index in [1.807, 2.05) is 18.7 Å². The molecule has 0 fully saturated rings. The molecule has 0 aliphatic heterocycles. The summed E-state index contributed by atoms with van der Waals surface area (Å²) in [6.07, 6.45) is 0. The Morgan fingerprint density at radius 3 is 2.00 bits per heavy atom. The number of rotatable bonds is 11. The molecular formula is C19H31N3O3. The predicted octanol–water partition coefficient (Wildman–Crippen LogP) is 2.47. The molecule has 0 aliphatic carbocycles. The molecule has 0 saturated carbocycles. The van der Waals surface area contributed by atoms with Crippen LogP contribution in [0.1, 0.15) is 38.1 Å². The Kier molecular flexibility index (Phi) is 9.80. The first-order chi connectivity index (χ1) is 12.0. The molecule has 0 heterocycles. The fraction of sp³-hybridized carbons (Fsp3) is 0.579. The molecule has 0 aromatic heterocycles. The minimum absolute atomic E-state index is 0.0572. The lowest BCUT2D eigenvalue weighted by atomic mass is 10.2. The SMILES string of the molecule is CCN(CC)CCOC(=O)c1ccc(NC(=O)CN(CC)CC)cc1. The summed E-state index contributed by atoms with van der Waals surface area (Å²) in [6.45, 7) is 13.2. The van der Waals surface area contributed by atoms with Crippen molar-refractivity contribution in [2.45, 2.75) is 27.7 Å². The van der Waals surface area contributed by atoms with Gasteiger partial charge in [0.1, 0.15) is 6.61 Å². The number of amides is 1. The summed E-state index contributed by atoms with van der Waals surface area (Å²) >= 11 is 0. The second-order valence-electron chi connectivity index (χ2n) is 5.75. The minimum Gasteiger partial charge on any atom is -0.461 e. The summed E-state index contributed by atoms with van der Waals surface area (Å²) in [4.78, 5) is 28.2. The minimum atomic E-state index is -0.340. The molecule has 0 radical (unpaired) electrons. The van der Waals surface area contributed by atoms with E-state index < -0.39 is 0 Å². The second-order valence-corrected chi connectivity index (χ2v) is 5.75. The van der Waals surface area contributed by atoms with Gasteiger partial charge in [-0.25, -0.2) is 4.79 Å². The summed E-state index contributed by atoms with van der Waals surface area (Å²) in [6, 6.07) is 6.79. The molecule has 0 bridgehead atoms. The maximum absolute atomic E-state index is 12.0. The molecule has 0 atom stereocenters. The first-order valence-corrected chi connectivity index (χ1v) is 9.05. The zero-order valence-corrected chi connectivity index (χ0v) is 15.9. The number of benzene rings is 1. The van der Waals surface area contributed by atoms with Crippen molar-refractivity contribution >= 4 is 17.6 Å². The van der Waals surface area contributed by atoms with Gasteiger partial charge in [0.05, 0.1) is 12.1 Å². The maximum Gasteiger partial charge on any atom is 0.338 e. The van der Waals surface area contributed by atoms with Crippen LogP contribution in [-0.2, 0) is 9.53 Å². The normalized spacial score (nSPS) is 11.0. The van der Waals surface area contributed by atoms with E-state index in [-0.39, 0.29) is 11.9 Å².